The van der Waals surface area contributed by atoms with Crippen LogP contribution in [0.25, 0.3) is 11.1 Å². The van der Waals surface area contributed by atoms with Crippen molar-refractivity contribution >= 4 is 5.97 Å². The Kier molecular flexibility index (Phi) is 5.38. The van der Waals surface area contributed by atoms with Crippen LogP contribution in [0.1, 0.15) is 67.6 Å². The molecule has 3 aromatic carbocycles. The van der Waals surface area contributed by atoms with Crippen LogP contribution < -0.4 is 4.74 Å². The second-order valence-electron chi connectivity index (χ2n) is 9.79. The Labute approximate surface area is 184 Å². The van der Waals surface area contributed by atoms with Crippen LogP contribution in [0.5, 0.6) is 5.75 Å². The zero-order valence-corrected chi connectivity index (χ0v) is 18.7. The predicted octanol–water partition coefficient (Wildman–Crippen LogP) is 6.98. The fourth-order valence-corrected chi connectivity index (χ4v) is 4.62. The van der Waals surface area contributed by atoms with Gasteiger partial charge in [0.2, 0.25) is 0 Å². The molecular weight excluding hydrogens is 384 g/mol. The molecule has 4 rings (SSSR count). The Morgan fingerprint density at radius 3 is 2.23 bits per heavy atom. The third-order valence-corrected chi connectivity index (χ3v) is 6.63. The van der Waals surface area contributed by atoms with E-state index < -0.39 is 5.97 Å². The highest BCUT2D eigenvalue weighted by atomic mass is 16.5. The number of carbonyl (C=O) groups is 1. The van der Waals surface area contributed by atoms with Gasteiger partial charge in [0, 0.05) is 5.56 Å². The van der Waals surface area contributed by atoms with Gasteiger partial charge in [-0.05, 0) is 58.1 Å². The molecule has 0 saturated carbocycles. The molecule has 1 aliphatic rings. The lowest BCUT2D eigenvalue weighted by molar-refractivity contribution is 0.0697. The number of hydrogen-bond acceptors (Lipinski definition) is 2. The average molecular weight is 415 g/mol. The molecule has 0 unspecified atom stereocenters. The molecule has 0 saturated heterocycles. The van der Waals surface area contributed by atoms with Gasteiger partial charge in [-0.25, -0.2) is 4.79 Å². The molecule has 0 amide bonds. The zero-order valence-electron chi connectivity index (χ0n) is 18.7. The van der Waals surface area contributed by atoms with Gasteiger partial charge in [0.1, 0.15) is 12.4 Å². The van der Waals surface area contributed by atoms with Crippen molar-refractivity contribution in [2.24, 2.45) is 0 Å². The molecule has 0 bridgehead atoms. The minimum atomic E-state index is -0.956. The Hall–Kier alpha value is -3.07. The van der Waals surface area contributed by atoms with Crippen LogP contribution >= 0.6 is 0 Å². The summed E-state index contributed by atoms with van der Waals surface area (Å²) in [5.41, 5.74) is 5.94. The highest BCUT2D eigenvalue weighted by Gasteiger charge is 2.36. The van der Waals surface area contributed by atoms with Crippen molar-refractivity contribution in [3.05, 3.63) is 89.0 Å². The summed E-state index contributed by atoms with van der Waals surface area (Å²) >= 11 is 0. The number of benzene rings is 3. The van der Waals surface area contributed by atoms with Crippen molar-refractivity contribution in [2.45, 2.75) is 58.0 Å². The highest BCUT2D eigenvalue weighted by molar-refractivity contribution is 5.98. The molecule has 0 atom stereocenters. The van der Waals surface area contributed by atoms with Gasteiger partial charge >= 0.3 is 5.97 Å². The summed E-state index contributed by atoms with van der Waals surface area (Å²) in [6.45, 7) is 9.67. The molecule has 1 aliphatic carbocycles. The molecule has 0 aliphatic heterocycles. The second kappa shape index (κ2) is 7.88. The molecule has 0 radical (unpaired) electrons. The lowest BCUT2D eigenvalue weighted by Gasteiger charge is -2.42. The number of aromatic carboxylic acids is 1. The van der Waals surface area contributed by atoms with Gasteiger partial charge in [0.05, 0.1) is 5.56 Å². The van der Waals surface area contributed by atoms with Gasteiger partial charge in [-0.15, -0.1) is 0 Å². The van der Waals surface area contributed by atoms with Crippen LogP contribution in [0.4, 0.5) is 0 Å². The van der Waals surface area contributed by atoms with Gasteiger partial charge in [-0.1, -0.05) is 82.3 Å². The van der Waals surface area contributed by atoms with Crippen LogP contribution in [-0.2, 0) is 17.4 Å². The molecule has 0 spiro atoms. The van der Waals surface area contributed by atoms with Gasteiger partial charge in [0.25, 0.3) is 0 Å². The first-order valence-corrected chi connectivity index (χ1v) is 10.9. The summed E-state index contributed by atoms with van der Waals surface area (Å²) in [4.78, 5) is 11.9. The third-order valence-electron chi connectivity index (χ3n) is 6.63. The Bertz CT molecular complexity index is 1110. The van der Waals surface area contributed by atoms with Gasteiger partial charge in [-0.3, -0.25) is 0 Å². The van der Waals surface area contributed by atoms with E-state index in [0.29, 0.717) is 17.9 Å². The molecule has 0 heterocycles. The molecule has 0 fully saturated rings. The predicted molar refractivity (Wildman–Crippen MR) is 125 cm³/mol. The van der Waals surface area contributed by atoms with Crippen LogP contribution in [0, 0.1) is 0 Å². The van der Waals surface area contributed by atoms with E-state index in [4.69, 9.17) is 4.74 Å². The van der Waals surface area contributed by atoms with E-state index in [-0.39, 0.29) is 16.4 Å². The molecular formula is C28H30O3. The Balaban J connectivity index is 1.68. The quantitative estimate of drug-likeness (QED) is 0.490. The number of ether oxygens (including phenoxy) is 1. The monoisotopic (exact) mass is 414 g/mol. The normalized spacial score (nSPS) is 16.4. The third kappa shape index (κ3) is 4.10. The summed E-state index contributed by atoms with van der Waals surface area (Å²) in [7, 11) is 0. The summed E-state index contributed by atoms with van der Waals surface area (Å²) in [6, 6.07) is 21.5. The van der Waals surface area contributed by atoms with Crippen molar-refractivity contribution in [2.75, 3.05) is 0 Å². The minimum Gasteiger partial charge on any atom is -0.488 e. The van der Waals surface area contributed by atoms with E-state index >= 15 is 0 Å². The van der Waals surface area contributed by atoms with Crippen molar-refractivity contribution in [1.29, 1.82) is 0 Å². The zero-order chi connectivity index (χ0) is 22.2. The van der Waals surface area contributed by atoms with Gasteiger partial charge < -0.3 is 9.84 Å². The maximum Gasteiger partial charge on any atom is 0.336 e. The maximum atomic E-state index is 11.9. The van der Waals surface area contributed by atoms with Crippen LogP contribution in [-0.4, -0.2) is 11.1 Å². The molecule has 0 aromatic heterocycles. The maximum absolute atomic E-state index is 11.9. The summed E-state index contributed by atoms with van der Waals surface area (Å²) in [6.07, 6.45) is 2.35. The van der Waals surface area contributed by atoms with Crippen molar-refractivity contribution in [3.8, 4) is 16.9 Å². The number of hydrogen-bond donors (Lipinski definition) is 1. The van der Waals surface area contributed by atoms with E-state index in [1.165, 1.54) is 17.5 Å². The van der Waals surface area contributed by atoms with E-state index in [1.54, 1.807) is 12.1 Å². The number of carboxylic acids is 1. The summed E-state index contributed by atoms with van der Waals surface area (Å²) in [5.74, 6) is -0.370. The van der Waals surface area contributed by atoms with E-state index in [2.05, 4.69) is 45.9 Å². The van der Waals surface area contributed by atoms with E-state index in [9.17, 15) is 9.90 Å². The molecule has 3 nitrogen and oxygen atoms in total. The lowest BCUT2D eigenvalue weighted by atomic mass is 9.63. The average Bonchev–Trinajstić information content (AvgIpc) is 2.76. The smallest absolute Gasteiger partial charge is 0.336 e. The van der Waals surface area contributed by atoms with Gasteiger partial charge in [-0.2, -0.15) is 0 Å². The van der Waals surface area contributed by atoms with Crippen LogP contribution in [0.2, 0.25) is 0 Å². The number of carboxylic acid groups (broad SMARTS) is 1. The SMILES string of the molecule is CC1(C)CCC(C)(C)c2cc(COc3cccc(C(=O)O)c3-c3ccccc3)ccc21. The number of fused-ring (bicyclic) bond motifs is 1. The first-order valence-electron chi connectivity index (χ1n) is 10.9. The van der Waals surface area contributed by atoms with E-state index in [0.717, 1.165) is 17.5 Å². The molecule has 3 aromatic rings. The molecule has 160 valence electrons. The lowest BCUT2D eigenvalue weighted by Crippen LogP contribution is -2.33. The van der Waals surface area contributed by atoms with Crippen molar-refractivity contribution in [1.82, 2.24) is 0 Å². The van der Waals surface area contributed by atoms with Gasteiger partial charge in [0.15, 0.2) is 0 Å². The molecule has 3 heteroatoms. The van der Waals surface area contributed by atoms with Crippen molar-refractivity contribution < 1.29 is 14.6 Å². The van der Waals surface area contributed by atoms with Crippen LogP contribution in [0.15, 0.2) is 66.7 Å². The number of rotatable bonds is 5. The van der Waals surface area contributed by atoms with Crippen molar-refractivity contribution in [3.63, 3.8) is 0 Å². The first-order chi connectivity index (χ1) is 14.7. The topological polar surface area (TPSA) is 46.5 Å². The molecule has 1 N–H and O–H groups in total. The molecule has 31 heavy (non-hydrogen) atoms. The highest BCUT2D eigenvalue weighted by Crippen LogP contribution is 2.46. The van der Waals surface area contributed by atoms with E-state index in [1.807, 2.05) is 36.4 Å². The fraction of sp³-hybridized carbons (Fsp3) is 0.321. The summed E-state index contributed by atoms with van der Waals surface area (Å²) in [5, 5.41) is 9.72. The Morgan fingerprint density at radius 2 is 1.55 bits per heavy atom. The standard InChI is InChI=1S/C28H30O3/c1-27(2)15-16-28(3,4)23-17-19(13-14-22(23)27)18-31-24-12-8-11-21(26(29)30)25(24)20-9-6-5-7-10-20/h5-14,17H,15-16,18H2,1-4H3,(H,29,30). The minimum absolute atomic E-state index is 0.138. The largest absolute Gasteiger partial charge is 0.488 e. The summed E-state index contributed by atoms with van der Waals surface area (Å²) < 4.78 is 6.22. The fourth-order valence-electron chi connectivity index (χ4n) is 4.62. The Morgan fingerprint density at radius 1 is 0.871 bits per heavy atom. The first kappa shape index (κ1) is 21.2. The van der Waals surface area contributed by atoms with Crippen LogP contribution in [0.3, 0.4) is 0 Å². The second-order valence-corrected chi connectivity index (χ2v) is 9.79.